The van der Waals surface area contributed by atoms with E-state index in [1.807, 2.05) is 82.4 Å². The van der Waals surface area contributed by atoms with Crippen molar-refractivity contribution < 1.29 is 48.7 Å². The Bertz CT molecular complexity index is 1560. The summed E-state index contributed by atoms with van der Waals surface area (Å²) in [6.45, 7) is 14.0. The van der Waals surface area contributed by atoms with E-state index in [0.717, 1.165) is 16.5 Å². The molecule has 2 saturated heterocycles. The van der Waals surface area contributed by atoms with Crippen LogP contribution in [-0.2, 0) is 33.4 Å². The Morgan fingerprint density at radius 2 is 1.78 bits per heavy atom. The molecule has 2 fully saturated rings. The summed E-state index contributed by atoms with van der Waals surface area (Å²) in [4.78, 5) is 38.7. The van der Waals surface area contributed by atoms with E-state index >= 15 is 0 Å². The van der Waals surface area contributed by atoms with Gasteiger partial charge in [-0.05, 0) is 78.6 Å². The van der Waals surface area contributed by atoms with E-state index in [4.69, 9.17) is 23.8 Å². The second kappa shape index (κ2) is 18.5. The molecule has 0 spiro atoms. The van der Waals surface area contributed by atoms with E-state index in [1.165, 1.54) is 21.0 Å². The number of Topliss-reactive ketones (excluding diaryl/α,β-unsaturated/α-hetero) is 1. The van der Waals surface area contributed by atoms with Gasteiger partial charge in [0.15, 0.2) is 12.1 Å². The van der Waals surface area contributed by atoms with Gasteiger partial charge in [-0.2, -0.15) is 5.48 Å². The lowest BCUT2D eigenvalue weighted by Crippen LogP contribution is -2.61. The number of esters is 1. The van der Waals surface area contributed by atoms with E-state index in [2.05, 4.69) is 10.5 Å². The van der Waals surface area contributed by atoms with Crippen LogP contribution in [0.15, 0.2) is 36.5 Å². The van der Waals surface area contributed by atoms with Crippen LogP contribution in [0.3, 0.4) is 0 Å². The van der Waals surface area contributed by atoms with Gasteiger partial charge in [0.25, 0.3) is 0 Å². The van der Waals surface area contributed by atoms with Crippen molar-refractivity contribution in [2.75, 3.05) is 27.8 Å². The first-order chi connectivity index (χ1) is 25.4. The van der Waals surface area contributed by atoms with Crippen molar-refractivity contribution in [2.45, 2.75) is 135 Å². The number of carbonyl (C=O) groups excluding carboxylic acids is 2. The zero-order valence-corrected chi connectivity index (χ0v) is 33.9. The fourth-order valence-corrected chi connectivity index (χ4v) is 8.57. The number of nitrogens with zero attached hydrogens (tertiary/aromatic N) is 1. The number of fused-ring (bicyclic) bond motifs is 1. The van der Waals surface area contributed by atoms with Crippen molar-refractivity contribution in [1.82, 2.24) is 15.4 Å². The Kier molecular flexibility index (Phi) is 15.1. The zero-order chi connectivity index (χ0) is 40.1. The standard InChI is InChI=1S/C41H65N3O10/c1-12-32-41(8,49)36(47)25(4)33(43-50-11)23(2)21-40(7,51-19-15-16-28-22-42-30-18-14-13-17-29(28)30)37(26(5)34(45)27(6)38(48)53-32)54-39-35(46)31(44(9)10)20-24(3)52-39/h13-18,22-27,31-33,35-37,39,42-43,46-47,49H,12,19-21H2,1-11H3/b16-15+/t23-,24-,25-,26+,27-,31+,32+,33+,35-,36-,37-,39+,40+,41-/m1/s1. The van der Waals surface area contributed by atoms with Crippen LogP contribution in [-0.4, -0.2) is 125 Å². The van der Waals surface area contributed by atoms with Crippen LogP contribution < -0.4 is 5.48 Å². The molecule has 4 rings (SSSR count). The number of likely N-dealkylation sites (N-methyl/N-ethyl adjacent to an activating group) is 1. The van der Waals surface area contributed by atoms with Crippen LogP contribution in [0.5, 0.6) is 0 Å². The van der Waals surface area contributed by atoms with Gasteiger partial charge < -0.3 is 49.0 Å². The first kappa shape index (κ1) is 44.0. The second-order valence-corrected chi connectivity index (χ2v) is 16.3. The number of carbonyl (C=O) groups is 2. The quantitative estimate of drug-likeness (QED) is 0.133. The number of ether oxygens (including phenoxy) is 4. The highest BCUT2D eigenvalue weighted by atomic mass is 16.7. The molecule has 0 unspecified atom stereocenters. The molecule has 0 amide bonds. The number of rotatable bonds is 10. The van der Waals surface area contributed by atoms with Crippen LogP contribution in [0.2, 0.25) is 0 Å². The SMILES string of the molecule is CC[C@@H]1OC(=O)[C@H](C)C(=O)[C@H](C)[C@@H](O[C@@H]2O[C@H](C)C[C@H](N(C)C)[C@H]2O)[C@@](C)(OC/C=C/c2c[nH]c3ccccc23)C[C@@H](C)[C@H](NOC)[C@@H](C)[C@@H](O)[C@]1(C)O. The molecule has 0 radical (unpaired) electrons. The molecule has 54 heavy (non-hydrogen) atoms. The second-order valence-electron chi connectivity index (χ2n) is 16.3. The highest BCUT2D eigenvalue weighted by Crippen LogP contribution is 2.40. The predicted molar refractivity (Wildman–Crippen MR) is 206 cm³/mol. The average molecular weight is 760 g/mol. The Morgan fingerprint density at radius 3 is 2.43 bits per heavy atom. The number of nitrogens with one attached hydrogen (secondary N) is 2. The highest BCUT2D eigenvalue weighted by Gasteiger charge is 2.52. The molecule has 304 valence electrons. The summed E-state index contributed by atoms with van der Waals surface area (Å²) in [5, 5.41) is 36.1. The fraction of sp³-hybridized carbons (Fsp3) is 0.707. The maximum absolute atomic E-state index is 14.4. The molecule has 1 aromatic carbocycles. The Balaban J connectivity index is 1.82. The molecule has 14 atom stereocenters. The summed E-state index contributed by atoms with van der Waals surface area (Å²) in [6, 6.07) is 7.15. The third kappa shape index (κ3) is 9.62. The number of aromatic amines is 1. The third-order valence-electron chi connectivity index (χ3n) is 11.8. The largest absolute Gasteiger partial charge is 0.459 e. The molecule has 13 heteroatoms. The summed E-state index contributed by atoms with van der Waals surface area (Å²) < 4.78 is 25.7. The Morgan fingerprint density at radius 1 is 1.09 bits per heavy atom. The molecular formula is C41H65N3O10. The fourth-order valence-electron chi connectivity index (χ4n) is 8.57. The number of aromatic nitrogens is 1. The zero-order valence-electron chi connectivity index (χ0n) is 33.9. The summed E-state index contributed by atoms with van der Waals surface area (Å²) in [6.07, 6.45) is 0.899. The maximum atomic E-state index is 14.4. The van der Waals surface area contributed by atoms with E-state index < -0.39 is 77.5 Å². The molecule has 5 N–H and O–H groups in total. The lowest BCUT2D eigenvalue weighted by molar-refractivity contribution is -0.297. The molecule has 13 nitrogen and oxygen atoms in total. The van der Waals surface area contributed by atoms with Crippen molar-refractivity contribution in [3.8, 4) is 0 Å². The molecule has 2 aliphatic rings. The van der Waals surface area contributed by atoms with Crippen LogP contribution in [0.1, 0.15) is 80.2 Å². The minimum Gasteiger partial charge on any atom is -0.459 e. The number of para-hydroxylation sites is 1. The van der Waals surface area contributed by atoms with Crippen molar-refractivity contribution in [2.24, 2.45) is 23.7 Å². The number of hydrogen-bond acceptors (Lipinski definition) is 12. The van der Waals surface area contributed by atoms with Crippen LogP contribution >= 0.6 is 0 Å². The van der Waals surface area contributed by atoms with E-state index in [0.29, 0.717) is 6.42 Å². The minimum atomic E-state index is -1.86. The molecular weight excluding hydrogens is 694 g/mol. The number of H-pyrrole nitrogens is 1. The van der Waals surface area contributed by atoms with Crippen molar-refractivity contribution >= 4 is 28.7 Å². The number of ketones is 1. The number of benzene rings is 1. The first-order valence-corrected chi connectivity index (χ1v) is 19.3. The molecule has 3 heterocycles. The molecule has 2 aromatic rings. The first-order valence-electron chi connectivity index (χ1n) is 19.3. The van der Waals surface area contributed by atoms with Gasteiger partial charge in [-0.25, -0.2) is 0 Å². The molecule has 0 aliphatic carbocycles. The Labute approximate surface area is 320 Å². The van der Waals surface area contributed by atoms with Crippen LogP contribution in [0.4, 0.5) is 0 Å². The topological polar surface area (TPSA) is 172 Å². The van der Waals surface area contributed by atoms with Gasteiger partial charge in [-0.15, -0.1) is 0 Å². The monoisotopic (exact) mass is 759 g/mol. The Hall–Kier alpha value is -2.72. The van der Waals surface area contributed by atoms with Gasteiger partial charge in [0.1, 0.15) is 23.7 Å². The summed E-state index contributed by atoms with van der Waals surface area (Å²) in [5.41, 5.74) is 1.91. The summed E-state index contributed by atoms with van der Waals surface area (Å²) in [5.74, 6) is -4.43. The molecule has 0 bridgehead atoms. The van der Waals surface area contributed by atoms with Crippen molar-refractivity contribution in [3.05, 3.63) is 42.1 Å². The van der Waals surface area contributed by atoms with E-state index in [9.17, 15) is 24.9 Å². The predicted octanol–water partition coefficient (Wildman–Crippen LogP) is 4.24. The average Bonchev–Trinajstić information content (AvgIpc) is 3.55. The number of aliphatic hydroxyl groups is 3. The lowest BCUT2D eigenvalue weighted by atomic mass is 9.72. The smallest absolute Gasteiger partial charge is 0.316 e. The van der Waals surface area contributed by atoms with E-state index in [1.54, 1.807) is 20.8 Å². The number of hydroxylamine groups is 1. The number of hydrogen-bond donors (Lipinski definition) is 5. The van der Waals surface area contributed by atoms with Crippen LogP contribution in [0.25, 0.3) is 17.0 Å². The van der Waals surface area contributed by atoms with Gasteiger partial charge in [0.05, 0.1) is 37.6 Å². The van der Waals surface area contributed by atoms with Gasteiger partial charge in [0.2, 0.25) is 0 Å². The summed E-state index contributed by atoms with van der Waals surface area (Å²) in [7, 11) is 5.26. The van der Waals surface area contributed by atoms with Gasteiger partial charge >= 0.3 is 5.97 Å². The number of aliphatic hydroxyl groups excluding tert-OH is 2. The lowest BCUT2D eigenvalue weighted by Gasteiger charge is -2.48. The molecule has 1 aromatic heterocycles. The minimum absolute atomic E-state index is 0.124. The van der Waals surface area contributed by atoms with Gasteiger partial charge in [-0.1, -0.05) is 58.0 Å². The maximum Gasteiger partial charge on any atom is 0.316 e. The van der Waals surface area contributed by atoms with Crippen molar-refractivity contribution in [3.63, 3.8) is 0 Å². The van der Waals surface area contributed by atoms with Gasteiger partial charge in [-0.3, -0.25) is 9.59 Å². The molecule has 2 aliphatic heterocycles. The summed E-state index contributed by atoms with van der Waals surface area (Å²) >= 11 is 0. The van der Waals surface area contributed by atoms with Crippen molar-refractivity contribution in [1.29, 1.82) is 0 Å². The molecule has 0 saturated carbocycles. The third-order valence-corrected chi connectivity index (χ3v) is 11.8. The number of cyclic esters (lactones) is 1. The van der Waals surface area contributed by atoms with E-state index in [-0.39, 0.29) is 37.5 Å². The normalized spacial score (nSPS) is 39.2. The van der Waals surface area contributed by atoms with Gasteiger partial charge in [0, 0.05) is 41.0 Å². The van der Waals surface area contributed by atoms with Crippen LogP contribution in [0, 0.1) is 23.7 Å². The highest BCUT2D eigenvalue weighted by molar-refractivity contribution is 6.00.